The Balaban J connectivity index is 1.79. The molecule has 0 fully saturated rings. The van der Waals surface area contributed by atoms with Crippen LogP contribution in [-0.2, 0) is 17.8 Å². The molecule has 25 heavy (non-hydrogen) atoms. The van der Waals surface area contributed by atoms with Gasteiger partial charge in [-0.05, 0) is 24.6 Å². The molecule has 130 valence electrons. The van der Waals surface area contributed by atoms with Gasteiger partial charge in [-0.1, -0.05) is 25.5 Å². The summed E-state index contributed by atoms with van der Waals surface area (Å²) >= 11 is 0. The molecule has 0 aliphatic heterocycles. The first-order chi connectivity index (χ1) is 12.2. The number of fused-ring (bicyclic) bond motifs is 1. The van der Waals surface area contributed by atoms with Gasteiger partial charge in [-0.15, -0.1) is 0 Å². The molecule has 6 heteroatoms. The minimum absolute atomic E-state index is 0.104. The van der Waals surface area contributed by atoms with Crippen LogP contribution < -0.4 is 10.1 Å². The molecular weight excluding hydrogens is 316 g/mol. The zero-order chi connectivity index (χ0) is 17.6. The van der Waals surface area contributed by atoms with Crippen molar-refractivity contribution >= 4 is 22.6 Å². The number of carbonyl (C=O) groups excluding carboxylic acids is 1. The average molecular weight is 338 g/mol. The van der Waals surface area contributed by atoms with E-state index in [0.29, 0.717) is 11.6 Å². The number of rotatable bonds is 7. The number of unbranched alkanes of at least 4 members (excludes halogenated alkanes) is 1. The van der Waals surface area contributed by atoms with Crippen molar-refractivity contribution < 1.29 is 9.53 Å². The summed E-state index contributed by atoms with van der Waals surface area (Å²) in [4.78, 5) is 21.3. The van der Waals surface area contributed by atoms with Crippen LogP contribution in [0.15, 0.2) is 42.6 Å². The molecule has 1 N–H and O–H groups in total. The van der Waals surface area contributed by atoms with Gasteiger partial charge in [-0.3, -0.25) is 4.79 Å². The summed E-state index contributed by atoms with van der Waals surface area (Å²) in [6.45, 7) is 2.38. The molecule has 0 saturated carbocycles. The average Bonchev–Trinajstić information content (AvgIpc) is 2.98. The Morgan fingerprint density at radius 3 is 2.80 bits per heavy atom. The summed E-state index contributed by atoms with van der Waals surface area (Å²) in [6, 6.07) is 11.4. The lowest BCUT2D eigenvalue weighted by molar-refractivity contribution is -0.116. The Labute approximate surface area is 146 Å². The second-order valence-corrected chi connectivity index (χ2v) is 5.84. The van der Waals surface area contributed by atoms with Crippen molar-refractivity contribution in [3.05, 3.63) is 48.4 Å². The van der Waals surface area contributed by atoms with Crippen LogP contribution in [0.2, 0.25) is 0 Å². The zero-order valence-electron chi connectivity index (χ0n) is 14.5. The van der Waals surface area contributed by atoms with Crippen molar-refractivity contribution in [1.82, 2.24) is 14.5 Å². The molecule has 0 unspecified atom stereocenters. The van der Waals surface area contributed by atoms with Crippen LogP contribution >= 0.6 is 0 Å². The van der Waals surface area contributed by atoms with E-state index >= 15 is 0 Å². The van der Waals surface area contributed by atoms with Crippen molar-refractivity contribution in [2.75, 3.05) is 12.4 Å². The number of pyridine rings is 1. The molecule has 0 saturated heterocycles. The molecule has 3 rings (SSSR count). The highest BCUT2D eigenvalue weighted by atomic mass is 16.5. The van der Waals surface area contributed by atoms with E-state index in [-0.39, 0.29) is 12.5 Å². The zero-order valence-corrected chi connectivity index (χ0v) is 14.5. The number of aromatic nitrogens is 3. The SMILES string of the molecule is CCCCc1nc2ccccc2n1CC(=O)Nc1ccc(OC)nc1. The summed E-state index contributed by atoms with van der Waals surface area (Å²) in [5.74, 6) is 1.36. The lowest BCUT2D eigenvalue weighted by Crippen LogP contribution is -2.20. The number of imidazole rings is 1. The monoisotopic (exact) mass is 338 g/mol. The number of methoxy groups -OCH3 is 1. The van der Waals surface area contributed by atoms with Gasteiger partial charge >= 0.3 is 0 Å². The number of nitrogens with one attached hydrogen (secondary N) is 1. The maximum absolute atomic E-state index is 12.5. The highest BCUT2D eigenvalue weighted by Gasteiger charge is 2.13. The summed E-state index contributed by atoms with van der Waals surface area (Å²) < 4.78 is 7.02. The molecular formula is C19H22N4O2. The Hall–Kier alpha value is -2.89. The van der Waals surface area contributed by atoms with Crippen LogP contribution in [0.25, 0.3) is 11.0 Å². The number of para-hydroxylation sites is 2. The maximum atomic E-state index is 12.5. The van der Waals surface area contributed by atoms with Crippen LogP contribution in [0.3, 0.4) is 0 Å². The van der Waals surface area contributed by atoms with Gasteiger partial charge in [0.25, 0.3) is 0 Å². The highest BCUT2D eigenvalue weighted by molar-refractivity contribution is 5.91. The Morgan fingerprint density at radius 2 is 2.08 bits per heavy atom. The minimum atomic E-state index is -0.104. The number of hydrogen-bond donors (Lipinski definition) is 1. The van der Waals surface area contributed by atoms with E-state index in [9.17, 15) is 4.79 Å². The van der Waals surface area contributed by atoms with Crippen LogP contribution in [-0.4, -0.2) is 27.6 Å². The van der Waals surface area contributed by atoms with E-state index in [1.165, 1.54) is 0 Å². The first kappa shape index (κ1) is 17.0. The molecule has 0 spiro atoms. The Morgan fingerprint density at radius 1 is 1.24 bits per heavy atom. The molecule has 1 amide bonds. The fourth-order valence-corrected chi connectivity index (χ4v) is 2.75. The number of aryl methyl sites for hydroxylation is 1. The number of anilines is 1. The molecule has 0 radical (unpaired) electrons. The van der Waals surface area contributed by atoms with E-state index in [1.54, 1.807) is 25.4 Å². The van der Waals surface area contributed by atoms with E-state index in [4.69, 9.17) is 4.74 Å². The smallest absolute Gasteiger partial charge is 0.244 e. The second kappa shape index (κ2) is 7.79. The predicted octanol–water partition coefficient (Wildman–Crippen LogP) is 3.42. The molecule has 0 bridgehead atoms. The third-order valence-electron chi connectivity index (χ3n) is 4.02. The quantitative estimate of drug-likeness (QED) is 0.717. The number of hydrogen-bond acceptors (Lipinski definition) is 4. The van der Waals surface area contributed by atoms with Crippen LogP contribution in [0.4, 0.5) is 5.69 Å². The van der Waals surface area contributed by atoms with E-state index in [0.717, 1.165) is 36.1 Å². The van der Waals surface area contributed by atoms with Gasteiger partial charge in [0, 0.05) is 12.5 Å². The van der Waals surface area contributed by atoms with E-state index < -0.39 is 0 Å². The molecule has 2 aromatic heterocycles. The highest BCUT2D eigenvalue weighted by Crippen LogP contribution is 2.18. The Kier molecular flexibility index (Phi) is 5.28. The molecule has 0 aliphatic rings. The fraction of sp³-hybridized carbons (Fsp3) is 0.316. The van der Waals surface area contributed by atoms with Crippen molar-refractivity contribution in [2.45, 2.75) is 32.7 Å². The minimum Gasteiger partial charge on any atom is -0.481 e. The number of carbonyl (C=O) groups is 1. The predicted molar refractivity (Wildman–Crippen MR) is 97.8 cm³/mol. The number of benzene rings is 1. The van der Waals surface area contributed by atoms with Crippen molar-refractivity contribution in [3.63, 3.8) is 0 Å². The number of amides is 1. The number of ether oxygens (including phenoxy) is 1. The summed E-state index contributed by atoms with van der Waals surface area (Å²) in [6.07, 6.45) is 4.59. The van der Waals surface area contributed by atoms with Gasteiger partial charge in [0.2, 0.25) is 11.8 Å². The standard InChI is InChI=1S/C19H22N4O2/c1-3-4-9-17-22-15-7-5-6-8-16(15)23(17)13-18(24)21-14-10-11-19(25-2)20-12-14/h5-8,10-12H,3-4,9,13H2,1-2H3,(H,21,24). The fourth-order valence-electron chi connectivity index (χ4n) is 2.75. The molecule has 6 nitrogen and oxygen atoms in total. The van der Waals surface area contributed by atoms with Gasteiger partial charge in [0.15, 0.2) is 0 Å². The molecule has 1 aromatic carbocycles. The molecule has 3 aromatic rings. The summed E-state index contributed by atoms with van der Waals surface area (Å²) in [7, 11) is 1.56. The topological polar surface area (TPSA) is 69.0 Å². The first-order valence-electron chi connectivity index (χ1n) is 8.45. The third-order valence-corrected chi connectivity index (χ3v) is 4.02. The third kappa shape index (κ3) is 3.96. The molecule has 0 atom stereocenters. The van der Waals surface area contributed by atoms with Gasteiger partial charge in [-0.25, -0.2) is 9.97 Å². The number of nitrogens with zero attached hydrogens (tertiary/aromatic N) is 3. The van der Waals surface area contributed by atoms with Crippen molar-refractivity contribution in [3.8, 4) is 5.88 Å². The van der Waals surface area contributed by atoms with E-state index in [2.05, 4.69) is 22.2 Å². The largest absolute Gasteiger partial charge is 0.481 e. The normalized spacial score (nSPS) is 10.8. The molecule has 0 aliphatic carbocycles. The van der Waals surface area contributed by atoms with Crippen LogP contribution in [0.5, 0.6) is 5.88 Å². The maximum Gasteiger partial charge on any atom is 0.244 e. The van der Waals surface area contributed by atoms with Crippen LogP contribution in [0.1, 0.15) is 25.6 Å². The van der Waals surface area contributed by atoms with Gasteiger partial charge in [0.1, 0.15) is 12.4 Å². The van der Waals surface area contributed by atoms with Crippen molar-refractivity contribution in [2.24, 2.45) is 0 Å². The lowest BCUT2D eigenvalue weighted by atomic mass is 10.2. The van der Waals surface area contributed by atoms with Gasteiger partial charge in [-0.2, -0.15) is 0 Å². The summed E-state index contributed by atoms with van der Waals surface area (Å²) in [5, 5.41) is 2.87. The van der Waals surface area contributed by atoms with Crippen molar-refractivity contribution in [1.29, 1.82) is 0 Å². The first-order valence-corrected chi connectivity index (χ1v) is 8.45. The summed E-state index contributed by atoms with van der Waals surface area (Å²) in [5.41, 5.74) is 2.55. The van der Waals surface area contributed by atoms with Gasteiger partial charge in [0.05, 0.1) is 30.0 Å². The van der Waals surface area contributed by atoms with Crippen LogP contribution in [0, 0.1) is 0 Å². The lowest BCUT2D eigenvalue weighted by Gasteiger charge is -2.10. The Bertz CT molecular complexity index is 855. The molecule has 2 heterocycles. The van der Waals surface area contributed by atoms with Gasteiger partial charge < -0.3 is 14.6 Å². The van der Waals surface area contributed by atoms with E-state index in [1.807, 2.05) is 28.8 Å². The second-order valence-electron chi connectivity index (χ2n) is 5.84.